The first-order chi connectivity index (χ1) is 12.1. The van der Waals surface area contributed by atoms with Crippen molar-refractivity contribution in [2.24, 2.45) is 10.8 Å². The number of hydrogen-bond acceptors (Lipinski definition) is 5. The summed E-state index contributed by atoms with van der Waals surface area (Å²) in [6, 6.07) is 12.9. The number of carbonyl (C=O) groups excluding carboxylic acids is 2. The van der Waals surface area contributed by atoms with Gasteiger partial charge in [-0.1, -0.05) is 30.3 Å². The summed E-state index contributed by atoms with van der Waals surface area (Å²) in [7, 11) is 0. The lowest BCUT2D eigenvalue weighted by molar-refractivity contribution is -0.139. The second kappa shape index (κ2) is 5.19. The Morgan fingerprint density at radius 1 is 1.04 bits per heavy atom. The van der Waals surface area contributed by atoms with Gasteiger partial charge in [-0.3, -0.25) is 14.9 Å². The molecule has 25 heavy (non-hydrogen) atoms. The number of ether oxygens (including phenoxy) is 1. The highest BCUT2D eigenvalue weighted by molar-refractivity contribution is 6.15. The molecule has 1 aromatic rings. The van der Waals surface area contributed by atoms with E-state index in [9.17, 15) is 20.1 Å². The summed E-state index contributed by atoms with van der Waals surface area (Å²) in [6.45, 7) is 0. The van der Waals surface area contributed by atoms with Crippen molar-refractivity contribution in [3.05, 3.63) is 47.2 Å². The average Bonchev–Trinajstić information content (AvgIpc) is 2.89. The molecule has 2 aliphatic heterocycles. The summed E-state index contributed by atoms with van der Waals surface area (Å²) in [6.07, 6.45) is 1.77. The van der Waals surface area contributed by atoms with E-state index in [1.165, 1.54) is 0 Å². The number of rotatable bonds is 1. The van der Waals surface area contributed by atoms with Gasteiger partial charge in [-0.15, -0.1) is 0 Å². The van der Waals surface area contributed by atoms with Crippen molar-refractivity contribution in [3.63, 3.8) is 0 Å². The minimum Gasteiger partial charge on any atom is -0.488 e. The minimum absolute atomic E-state index is 0.481. The van der Waals surface area contributed by atoms with Gasteiger partial charge >= 0.3 is 0 Å². The van der Waals surface area contributed by atoms with Gasteiger partial charge in [-0.25, -0.2) is 0 Å². The molecule has 2 amide bonds. The Hall–Kier alpha value is -3.12. The molecule has 1 N–H and O–H groups in total. The third-order valence-corrected chi connectivity index (χ3v) is 5.49. The molecular weight excluding hydrogens is 318 g/mol. The standard InChI is InChI=1S/C19H15N3O3/c20-10-18-13-8-4-5-9-14(13)25-15(12-6-2-1-3-7-12)19(18,11-21)17(24)22-16(18)23/h1-3,6-7,15H,4-5,8-9H2,(H,22,23,24). The van der Waals surface area contributed by atoms with E-state index < -0.39 is 28.7 Å². The molecule has 6 nitrogen and oxygen atoms in total. The van der Waals surface area contributed by atoms with Gasteiger partial charge in [0.2, 0.25) is 5.41 Å². The lowest BCUT2D eigenvalue weighted by atomic mass is 9.55. The molecular formula is C19H15N3O3. The first kappa shape index (κ1) is 15.4. The molecule has 3 aliphatic rings. The van der Waals surface area contributed by atoms with Crippen LogP contribution in [0.4, 0.5) is 0 Å². The van der Waals surface area contributed by atoms with E-state index in [1.807, 2.05) is 12.1 Å². The Labute approximate surface area is 144 Å². The van der Waals surface area contributed by atoms with Crippen molar-refractivity contribution in [2.75, 3.05) is 0 Å². The summed E-state index contributed by atoms with van der Waals surface area (Å²) >= 11 is 0. The monoisotopic (exact) mass is 333 g/mol. The predicted octanol–water partition coefficient (Wildman–Crippen LogP) is 2.26. The largest absolute Gasteiger partial charge is 0.488 e. The van der Waals surface area contributed by atoms with Crippen molar-refractivity contribution in [1.82, 2.24) is 5.32 Å². The first-order valence-corrected chi connectivity index (χ1v) is 8.24. The van der Waals surface area contributed by atoms with Gasteiger partial charge in [0.15, 0.2) is 11.5 Å². The first-order valence-electron chi connectivity index (χ1n) is 8.24. The van der Waals surface area contributed by atoms with Crippen LogP contribution in [0.5, 0.6) is 0 Å². The Morgan fingerprint density at radius 2 is 1.76 bits per heavy atom. The molecule has 6 heteroatoms. The quantitative estimate of drug-likeness (QED) is 0.794. The normalized spacial score (nSPS) is 33.4. The number of carbonyl (C=O) groups is 2. The predicted molar refractivity (Wildman–Crippen MR) is 85.0 cm³/mol. The summed E-state index contributed by atoms with van der Waals surface area (Å²) in [5.41, 5.74) is -2.65. The molecule has 1 saturated heterocycles. The molecule has 0 bridgehead atoms. The van der Waals surface area contributed by atoms with E-state index in [1.54, 1.807) is 24.3 Å². The van der Waals surface area contributed by atoms with Crippen molar-refractivity contribution < 1.29 is 14.3 Å². The zero-order chi connectivity index (χ0) is 17.7. The van der Waals surface area contributed by atoms with Gasteiger partial charge in [-0.2, -0.15) is 10.5 Å². The van der Waals surface area contributed by atoms with Gasteiger partial charge in [-0.05, 0) is 30.4 Å². The molecule has 0 saturated carbocycles. The van der Waals surface area contributed by atoms with Gasteiger partial charge in [0.1, 0.15) is 0 Å². The highest BCUT2D eigenvalue weighted by Gasteiger charge is 2.76. The number of nitriles is 2. The molecule has 4 rings (SSSR count). The second-order valence-electron chi connectivity index (χ2n) is 6.58. The maximum atomic E-state index is 12.8. The van der Waals surface area contributed by atoms with Crippen LogP contribution in [0.3, 0.4) is 0 Å². The molecule has 124 valence electrons. The summed E-state index contributed by atoms with van der Waals surface area (Å²) < 4.78 is 6.12. The fourth-order valence-electron chi connectivity index (χ4n) is 4.32. The topological polar surface area (TPSA) is 103 Å². The minimum atomic E-state index is -1.92. The van der Waals surface area contributed by atoms with Crippen molar-refractivity contribution in [2.45, 2.75) is 31.8 Å². The van der Waals surface area contributed by atoms with E-state index >= 15 is 0 Å². The van der Waals surface area contributed by atoms with E-state index in [-0.39, 0.29) is 0 Å². The highest BCUT2D eigenvalue weighted by atomic mass is 16.5. The SMILES string of the molecule is N#CC12C(=O)NC(=O)C1(C#N)C(c1ccccc1)OC1=C2CCCC1. The second-order valence-corrected chi connectivity index (χ2v) is 6.58. The van der Waals surface area contributed by atoms with Crippen LogP contribution in [0, 0.1) is 33.5 Å². The zero-order valence-corrected chi connectivity index (χ0v) is 13.4. The highest BCUT2D eigenvalue weighted by Crippen LogP contribution is 2.63. The maximum absolute atomic E-state index is 12.8. The number of amides is 2. The van der Waals surface area contributed by atoms with E-state index in [0.29, 0.717) is 29.7 Å². The van der Waals surface area contributed by atoms with E-state index in [2.05, 4.69) is 11.4 Å². The van der Waals surface area contributed by atoms with Crippen LogP contribution < -0.4 is 5.32 Å². The number of benzene rings is 1. The lowest BCUT2D eigenvalue weighted by Gasteiger charge is -2.45. The molecule has 1 aromatic carbocycles. The molecule has 1 aliphatic carbocycles. The zero-order valence-electron chi connectivity index (χ0n) is 13.4. The maximum Gasteiger partial charge on any atom is 0.253 e. The van der Waals surface area contributed by atoms with Crippen LogP contribution in [-0.4, -0.2) is 11.8 Å². The van der Waals surface area contributed by atoms with Crippen molar-refractivity contribution in [1.29, 1.82) is 10.5 Å². The summed E-state index contributed by atoms with van der Waals surface area (Å²) in [5.74, 6) is -0.884. The molecule has 3 unspecified atom stereocenters. The van der Waals surface area contributed by atoms with Crippen molar-refractivity contribution in [3.8, 4) is 12.1 Å². The third kappa shape index (κ3) is 1.66. The number of imide groups is 1. The Balaban J connectivity index is 2.06. The van der Waals surface area contributed by atoms with Crippen LogP contribution >= 0.6 is 0 Å². The fraction of sp³-hybridized carbons (Fsp3) is 0.368. The Bertz CT molecular complexity index is 893. The number of nitrogens with one attached hydrogen (secondary N) is 1. The smallest absolute Gasteiger partial charge is 0.253 e. The van der Waals surface area contributed by atoms with Gasteiger partial charge in [0, 0.05) is 6.42 Å². The van der Waals surface area contributed by atoms with Crippen LogP contribution in [-0.2, 0) is 14.3 Å². The van der Waals surface area contributed by atoms with Crippen LogP contribution in [0.15, 0.2) is 41.7 Å². The van der Waals surface area contributed by atoms with Gasteiger partial charge < -0.3 is 4.74 Å². The molecule has 1 fully saturated rings. The summed E-state index contributed by atoms with van der Waals surface area (Å²) in [5, 5.41) is 22.3. The number of nitrogens with zero attached hydrogens (tertiary/aromatic N) is 2. The Kier molecular flexibility index (Phi) is 3.20. The van der Waals surface area contributed by atoms with Crippen LogP contribution in [0.1, 0.15) is 37.4 Å². The third-order valence-electron chi connectivity index (χ3n) is 5.49. The molecule has 3 atom stereocenters. The van der Waals surface area contributed by atoms with Crippen LogP contribution in [0.2, 0.25) is 0 Å². The molecule has 0 radical (unpaired) electrons. The number of fused-ring (bicyclic) bond motifs is 2. The average molecular weight is 333 g/mol. The van der Waals surface area contributed by atoms with Crippen molar-refractivity contribution >= 4 is 11.8 Å². The molecule has 2 heterocycles. The molecule has 0 spiro atoms. The Morgan fingerprint density at radius 3 is 2.44 bits per heavy atom. The lowest BCUT2D eigenvalue weighted by Crippen LogP contribution is -2.52. The van der Waals surface area contributed by atoms with Gasteiger partial charge in [0.25, 0.3) is 11.8 Å². The number of hydrogen-bond donors (Lipinski definition) is 1. The summed E-state index contributed by atoms with van der Waals surface area (Å²) in [4.78, 5) is 25.6. The van der Waals surface area contributed by atoms with Gasteiger partial charge in [0.05, 0.1) is 17.9 Å². The van der Waals surface area contributed by atoms with E-state index in [0.717, 1.165) is 12.8 Å². The fourth-order valence-corrected chi connectivity index (χ4v) is 4.32. The molecule has 0 aromatic heterocycles. The van der Waals surface area contributed by atoms with Crippen LogP contribution in [0.25, 0.3) is 0 Å². The van der Waals surface area contributed by atoms with E-state index in [4.69, 9.17) is 4.74 Å². The number of allylic oxidation sites excluding steroid dienone is 1.